The third kappa shape index (κ3) is 2.96. The molecule has 6 heteroatoms. The van der Waals surface area contributed by atoms with Gasteiger partial charge in [0, 0.05) is 17.8 Å². The molecular weight excluding hydrogens is 238 g/mol. The van der Waals surface area contributed by atoms with Gasteiger partial charge in [-0.15, -0.1) is 0 Å². The number of hydrogen-bond donors (Lipinski definition) is 3. The fourth-order valence-corrected chi connectivity index (χ4v) is 2.52. The van der Waals surface area contributed by atoms with Crippen molar-refractivity contribution in [2.45, 2.75) is 23.8 Å². The van der Waals surface area contributed by atoms with E-state index in [1.165, 1.54) is 12.1 Å². The molecule has 1 fully saturated rings. The van der Waals surface area contributed by atoms with E-state index in [1.54, 1.807) is 12.1 Å². The minimum Gasteiger partial charge on any atom is -0.379 e. The Balaban J connectivity index is 2.13. The average Bonchev–Trinajstić information content (AvgIpc) is 2.64. The number of nitrogens with one attached hydrogen (secondary N) is 2. The summed E-state index contributed by atoms with van der Waals surface area (Å²) in [4.78, 5) is 0.137. The first kappa shape index (κ1) is 12.3. The second-order valence-corrected chi connectivity index (χ2v) is 6.24. The highest BCUT2D eigenvalue weighted by molar-refractivity contribution is 7.89. The van der Waals surface area contributed by atoms with Gasteiger partial charge < -0.3 is 10.6 Å². The van der Waals surface area contributed by atoms with E-state index >= 15 is 0 Å². The van der Waals surface area contributed by atoms with Crippen molar-refractivity contribution >= 4 is 15.7 Å². The van der Waals surface area contributed by atoms with Crippen LogP contribution in [0.4, 0.5) is 5.69 Å². The number of primary sulfonamides is 1. The molecule has 1 unspecified atom stereocenters. The van der Waals surface area contributed by atoms with Crippen LogP contribution in [0.2, 0.25) is 0 Å². The highest BCUT2D eigenvalue weighted by atomic mass is 32.2. The molecule has 1 saturated heterocycles. The molecule has 0 aromatic heterocycles. The van der Waals surface area contributed by atoms with Crippen molar-refractivity contribution in [3.05, 3.63) is 24.3 Å². The Hall–Kier alpha value is -1.11. The summed E-state index contributed by atoms with van der Waals surface area (Å²) in [5.41, 5.74) is 0.937. The SMILES string of the molecule is CC1(Nc2ccc(S(N)(=O)=O)cc2)CCNC1. The van der Waals surface area contributed by atoms with Gasteiger partial charge in [-0.05, 0) is 44.2 Å². The van der Waals surface area contributed by atoms with Crippen LogP contribution in [0.1, 0.15) is 13.3 Å². The number of benzene rings is 1. The van der Waals surface area contributed by atoms with E-state index in [9.17, 15) is 8.42 Å². The third-order valence-corrected chi connectivity index (χ3v) is 3.93. The zero-order valence-corrected chi connectivity index (χ0v) is 10.5. The minimum atomic E-state index is -3.60. The summed E-state index contributed by atoms with van der Waals surface area (Å²) in [7, 11) is -3.60. The fourth-order valence-electron chi connectivity index (χ4n) is 2.00. The lowest BCUT2D eigenvalue weighted by molar-refractivity contribution is 0.567. The van der Waals surface area contributed by atoms with Gasteiger partial charge in [-0.3, -0.25) is 0 Å². The van der Waals surface area contributed by atoms with Crippen LogP contribution in [-0.2, 0) is 10.0 Å². The Labute approximate surface area is 101 Å². The lowest BCUT2D eigenvalue weighted by Crippen LogP contribution is -2.36. The zero-order valence-electron chi connectivity index (χ0n) is 9.73. The van der Waals surface area contributed by atoms with Crippen molar-refractivity contribution < 1.29 is 8.42 Å². The molecule has 0 amide bonds. The quantitative estimate of drug-likeness (QED) is 0.734. The summed E-state index contributed by atoms with van der Waals surface area (Å²) in [5.74, 6) is 0. The van der Waals surface area contributed by atoms with Crippen molar-refractivity contribution in [2.24, 2.45) is 5.14 Å². The van der Waals surface area contributed by atoms with E-state index < -0.39 is 10.0 Å². The Morgan fingerprint density at radius 3 is 2.47 bits per heavy atom. The predicted octanol–water partition coefficient (Wildman–Crippen LogP) is 0.498. The van der Waals surface area contributed by atoms with Crippen LogP contribution in [0.3, 0.4) is 0 Å². The van der Waals surface area contributed by atoms with E-state index in [4.69, 9.17) is 5.14 Å². The van der Waals surface area contributed by atoms with Crippen LogP contribution in [0, 0.1) is 0 Å². The number of anilines is 1. The standard InChI is InChI=1S/C11H17N3O2S/c1-11(6-7-13-8-11)14-9-2-4-10(5-3-9)17(12,15)16/h2-5,13-14H,6-8H2,1H3,(H2,12,15,16). The number of hydrogen-bond acceptors (Lipinski definition) is 4. The number of rotatable bonds is 3. The summed E-state index contributed by atoms with van der Waals surface area (Å²) in [6.45, 7) is 4.04. The molecule has 5 nitrogen and oxygen atoms in total. The lowest BCUT2D eigenvalue weighted by atomic mass is 10.0. The minimum absolute atomic E-state index is 0.0309. The second-order valence-electron chi connectivity index (χ2n) is 4.68. The highest BCUT2D eigenvalue weighted by Crippen LogP contribution is 2.21. The molecule has 1 atom stereocenters. The van der Waals surface area contributed by atoms with E-state index in [0.29, 0.717) is 0 Å². The van der Waals surface area contributed by atoms with Gasteiger partial charge in [-0.1, -0.05) is 0 Å². The molecule has 1 aliphatic heterocycles. The molecule has 0 saturated carbocycles. The van der Waals surface area contributed by atoms with Crippen molar-refractivity contribution in [3.63, 3.8) is 0 Å². The Bertz CT molecular complexity index is 490. The predicted molar refractivity (Wildman–Crippen MR) is 67.3 cm³/mol. The van der Waals surface area contributed by atoms with Gasteiger partial charge in [0.25, 0.3) is 0 Å². The summed E-state index contributed by atoms with van der Waals surface area (Å²) in [5, 5.41) is 11.7. The summed E-state index contributed by atoms with van der Waals surface area (Å²) in [6, 6.07) is 6.51. The maximum Gasteiger partial charge on any atom is 0.238 e. The van der Waals surface area contributed by atoms with Crippen LogP contribution in [0.25, 0.3) is 0 Å². The molecule has 0 spiro atoms. The molecule has 94 valence electrons. The summed E-state index contributed by atoms with van der Waals surface area (Å²) >= 11 is 0. The fraction of sp³-hybridized carbons (Fsp3) is 0.455. The maximum absolute atomic E-state index is 11.1. The zero-order chi connectivity index (χ0) is 12.5. The topological polar surface area (TPSA) is 84.2 Å². The van der Waals surface area contributed by atoms with Gasteiger partial charge >= 0.3 is 0 Å². The number of nitrogens with two attached hydrogens (primary N) is 1. The van der Waals surface area contributed by atoms with Crippen molar-refractivity contribution in [3.8, 4) is 0 Å². The Kier molecular flexibility index (Phi) is 3.11. The van der Waals surface area contributed by atoms with Gasteiger partial charge in [0.2, 0.25) is 10.0 Å². The van der Waals surface area contributed by atoms with Crippen LogP contribution in [0.15, 0.2) is 29.2 Å². The highest BCUT2D eigenvalue weighted by Gasteiger charge is 2.27. The van der Waals surface area contributed by atoms with Gasteiger partial charge in [-0.2, -0.15) is 0 Å². The van der Waals surface area contributed by atoms with Crippen LogP contribution >= 0.6 is 0 Å². The van der Waals surface area contributed by atoms with Crippen molar-refractivity contribution in [1.29, 1.82) is 0 Å². The molecule has 0 radical (unpaired) electrons. The van der Waals surface area contributed by atoms with Crippen LogP contribution in [-0.4, -0.2) is 27.0 Å². The van der Waals surface area contributed by atoms with E-state index in [0.717, 1.165) is 25.2 Å². The smallest absolute Gasteiger partial charge is 0.238 e. The molecule has 0 aliphatic carbocycles. The van der Waals surface area contributed by atoms with Crippen molar-refractivity contribution in [2.75, 3.05) is 18.4 Å². The van der Waals surface area contributed by atoms with E-state index in [1.807, 2.05) is 0 Å². The Morgan fingerprint density at radius 1 is 1.35 bits per heavy atom. The van der Waals surface area contributed by atoms with Gasteiger partial charge in [0.15, 0.2) is 0 Å². The Morgan fingerprint density at radius 2 is 2.00 bits per heavy atom. The third-order valence-electron chi connectivity index (χ3n) is 3.00. The van der Waals surface area contributed by atoms with Gasteiger partial charge in [0.1, 0.15) is 0 Å². The van der Waals surface area contributed by atoms with E-state index in [2.05, 4.69) is 17.6 Å². The summed E-state index contributed by atoms with van der Waals surface area (Å²) < 4.78 is 22.2. The first-order valence-corrected chi connectivity index (χ1v) is 7.06. The normalized spacial score (nSPS) is 24.8. The molecule has 1 aliphatic rings. The molecule has 1 aromatic rings. The molecule has 2 rings (SSSR count). The molecule has 17 heavy (non-hydrogen) atoms. The van der Waals surface area contributed by atoms with Crippen LogP contribution in [0.5, 0.6) is 0 Å². The van der Waals surface area contributed by atoms with Crippen molar-refractivity contribution in [1.82, 2.24) is 5.32 Å². The summed E-state index contributed by atoms with van der Waals surface area (Å²) in [6.07, 6.45) is 1.05. The number of sulfonamides is 1. The monoisotopic (exact) mass is 255 g/mol. The first-order chi connectivity index (χ1) is 7.89. The largest absolute Gasteiger partial charge is 0.379 e. The molecule has 1 aromatic carbocycles. The van der Waals surface area contributed by atoms with Crippen LogP contribution < -0.4 is 15.8 Å². The van der Waals surface area contributed by atoms with Gasteiger partial charge in [0.05, 0.1) is 4.90 Å². The first-order valence-electron chi connectivity index (χ1n) is 5.51. The van der Waals surface area contributed by atoms with Gasteiger partial charge in [-0.25, -0.2) is 13.6 Å². The van der Waals surface area contributed by atoms with E-state index in [-0.39, 0.29) is 10.4 Å². The molecule has 1 heterocycles. The lowest BCUT2D eigenvalue weighted by Gasteiger charge is -2.25. The average molecular weight is 255 g/mol. The maximum atomic E-state index is 11.1. The molecule has 0 bridgehead atoms. The molecule has 4 N–H and O–H groups in total. The molecular formula is C11H17N3O2S. The second kappa shape index (κ2) is 4.29.